The maximum Gasteiger partial charge on any atom is 0.0644 e. The van der Waals surface area contributed by atoms with Gasteiger partial charge in [0, 0.05) is 29.8 Å². The van der Waals surface area contributed by atoms with Gasteiger partial charge >= 0.3 is 0 Å². The number of aliphatic hydroxyl groups excluding tert-OH is 1. The van der Waals surface area contributed by atoms with Crippen molar-refractivity contribution in [1.82, 2.24) is 15.1 Å². The van der Waals surface area contributed by atoms with Crippen LogP contribution in [-0.4, -0.2) is 28.0 Å². The molecular formula is C19H27N3O. The first kappa shape index (κ1) is 16.2. The van der Waals surface area contributed by atoms with Gasteiger partial charge in [-0.05, 0) is 32.3 Å². The van der Waals surface area contributed by atoms with Gasteiger partial charge in [0.2, 0.25) is 0 Å². The fourth-order valence-corrected chi connectivity index (χ4v) is 3.69. The normalized spacial score (nSPS) is 16.3. The van der Waals surface area contributed by atoms with Crippen LogP contribution in [0.25, 0.3) is 0 Å². The van der Waals surface area contributed by atoms with Crippen molar-refractivity contribution in [2.24, 2.45) is 0 Å². The average Bonchev–Trinajstić information content (AvgIpc) is 2.78. The van der Waals surface area contributed by atoms with Crippen LogP contribution in [0.2, 0.25) is 0 Å². The van der Waals surface area contributed by atoms with E-state index in [1.807, 2.05) is 11.6 Å². The molecule has 4 heteroatoms. The monoisotopic (exact) mass is 313 g/mol. The van der Waals surface area contributed by atoms with E-state index < -0.39 is 0 Å². The van der Waals surface area contributed by atoms with Gasteiger partial charge < -0.3 is 10.4 Å². The van der Waals surface area contributed by atoms with Crippen molar-refractivity contribution in [3.63, 3.8) is 0 Å². The van der Waals surface area contributed by atoms with Crippen LogP contribution >= 0.6 is 0 Å². The lowest BCUT2D eigenvalue weighted by atomic mass is 9.64. The van der Waals surface area contributed by atoms with Gasteiger partial charge in [-0.2, -0.15) is 5.10 Å². The molecule has 0 aliphatic heterocycles. The fraction of sp³-hybridized carbons (Fsp3) is 0.526. The Hall–Kier alpha value is -1.65. The second-order valence-corrected chi connectivity index (χ2v) is 6.70. The summed E-state index contributed by atoms with van der Waals surface area (Å²) >= 11 is 0. The minimum Gasteiger partial charge on any atom is -0.394 e. The van der Waals surface area contributed by atoms with Crippen molar-refractivity contribution in [2.75, 3.05) is 13.2 Å². The Kier molecular flexibility index (Phi) is 4.83. The van der Waals surface area contributed by atoms with Crippen LogP contribution in [0.1, 0.15) is 41.8 Å². The third-order valence-electron chi connectivity index (χ3n) is 5.31. The van der Waals surface area contributed by atoms with Crippen LogP contribution < -0.4 is 5.32 Å². The summed E-state index contributed by atoms with van der Waals surface area (Å²) in [5.74, 6) is 0. The Balaban J connectivity index is 1.65. The summed E-state index contributed by atoms with van der Waals surface area (Å²) in [5.41, 5.74) is 5.26. The molecule has 1 aliphatic carbocycles. The minimum atomic E-state index is 0.131. The number of benzene rings is 1. The summed E-state index contributed by atoms with van der Waals surface area (Å²) in [7, 11) is 0. The Morgan fingerprint density at radius 3 is 2.57 bits per heavy atom. The van der Waals surface area contributed by atoms with Crippen LogP contribution in [0, 0.1) is 13.8 Å². The van der Waals surface area contributed by atoms with Crippen molar-refractivity contribution in [3.05, 3.63) is 52.8 Å². The number of hydrogen-bond donors (Lipinski definition) is 2. The SMILES string of the molecule is Cc1nn(CCO)c(C)c1CNCC1(c2ccccc2)CCC1. The zero-order valence-corrected chi connectivity index (χ0v) is 14.2. The van der Waals surface area contributed by atoms with Gasteiger partial charge in [-0.1, -0.05) is 36.8 Å². The lowest BCUT2D eigenvalue weighted by Crippen LogP contribution is -2.43. The summed E-state index contributed by atoms with van der Waals surface area (Å²) in [4.78, 5) is 0. The van der Waals surface area contributed by atoms with Gasteiger partial charge in [0.15, 0.2) is 0 Å². The molecule has 1 aromatic heterocycles. The number of hydrogen-bond acceptors (Lipinski definition) is 3. The molecule has 2 N–H and O–H groups in total. The lowest BCUT2D eigenvalue weighted by Gasteiger charge is -2.43. The van der Waals surface area contributed by atoms with Gasteiger partial charge in [-0.3, -0.25) is 4.68 Å². The summed E-state index contributed by atoms with van der Waals surface area (Å²) in [5, 5.41) is 17.3. The molecule has 3 rings (SSSR count). The summed E-state index contributed by atoms with van der Waals surface area (Å²) in [6.07, 6.45) is 3.86. The number of nitrogens with one attached hydrogen (secondary N) is 1. The van der Waals surface area contributed by atoms with Crippen LogP contribution in [-0.2, 0) is 18.5 Å². The smallest absolute Gasteiger partial charge is 0.0644 e. The third-order valence-corrected chi connectivity index (χ3v) is 5.31. The zero-order valence-electron chi connectivity index (χ0n) is 14.2. The van der Waals surface area contributed by atoms with Gasteiger partial charge in [0.05, 0.1) is 18.8 Å². The molecule has 1 aliphatic rings. The first-order chi connectivity index (χ1) is 11.2. The van der Waals surface area contributed by atoms with Crippen LogP contribution in [0.15, 0.2) is 30.3 Å². The maximum absolute atomic E-state index is 9.12. The zero-order chi connectivity index (χ0) is 16.3. The van der Waals surface area contributed by atoms with Gasteiger partial charge in [-0.25, -0.2) is 0 Å². The van der Waals surface area contributed by atoms with E-state index in [-0.39, 0.29) is 6.61 Å². The summed E-state index contributed by atoms with van der Waals surface area (Å²) in [6, 6.07) is 10.9. The Bertz CT molecular complexity index is 644. The molecule has 1 fully saturated rings. The summed E-state index contributed by atoms with van der Waals surface area (Å²) < 4.78 is 1.91. The van der Waals surface area contributed by atoms with Crippen molar-refractivity contribution in [1.29, 1.82) is 0 Å². The molecule has 0 bridgehead atoms. The number of aliphatic hydroxyl groups is 1. The number of aromatic nitrogens is 2. The Labute approximate surface area is 138 Å². The van der Waals surface area contributed by atoms with Crippen molar-refractivity contribution in [2.45, 2.75) is 51.6 Å². The quantitative estimate of drug-likeness (QED) is 0.826. The number of rotatable bonds is 7. The molecule has 0 atom stereocenters. The van der Waals surface area contributed by atoms with Crippen LogP contribution in [0.4, 0.5) is 0 Å². The van der Waals surface area contributed by atoms with Gasteiger partial charge in [0.1, 0.15) is 0 Å². The molecule has 0 spiro atoms. The topological polar surface area (TPSA) is 50.1 Å². The van der Waals surface area contributed by atoms with E-state index in [4.69, 9.17) is 5.11 Å². The molecule has 1 aromatic carbocycles. The molecule has 1 heterocycles. The third kappa shape index (κ3) is 3.19. The van der Waals surface area contributed by atoms with Gasteiger partial charge in [-0.15, -0.1) is 0 Å². The first-order valence-electron chi connectivity index (χ1n) is 8.56. The largest absolute Gasteiger partial charge is 0.394 e. The van der Waals surface area contributed by atoms with Gasteiger partial charge in [0.25, 0.3) is 0 Å². The van der Waals surface area contributed by atoms with E-state index in [0.29, 0.717) is 12.0 Å². The fourth-order valence-electron chi connectivity index (χ4n) is 3.69. The Morgan fingerprint density at radius 1 is 1.22 bits per heavy atom. The average molecular weight is 313 g/mol. The molecule has 23 heavy (non-hydrogen) atoms. The minimum absolute atomic E-state index is 0.131. The van der Waals surface area contributed by atoms with Crippen molar-refractivity contribution >= 4 is 0 Å². The molecule has 124 valence electrons. The maximum atomic E-state index is 9.12. The number of nitrogens with zero attached hydrogens (tertiary/aromatic N) is 2. The highest BCUT2D eigenvalue weighted by Gasteiger charge is 2.38. The van der Waals surface area contributed by atoms with Crippen LogP contribution in [0.3, 0.4) is 0 Å². The first-order valence-corrected chi connectivity index (χ1v) is 8.56. The second-order valence-electron chi connectivity index (χ2n) is 6.70. The van der Waals surface area contributed by atoms with E-state index in [1.54, 1.807) is 0 Å². The molecule has 4 nitrogen and oxygen atoms in total. The Morgan fingerprint density at radius 2 is 1.96 bits per heavy atom. The van der Waals surface area contributed by atoms with E-state index >= 15 is 0 Å². The molecule has 0 radical (unpaired) electrons. The molecule has 0 amide bonds. The van der Waals surface area contributed by atoms with Crippen LogP contribution in [0.5, 0.6) is 0 Å². The van der Waals surface area contributed by atoms with Crippen molar-refractivity contribution in [3.8, 4) is 0 Å². The van der Waals surface area contributed by atoms with E-state index in [2.05, 4.69) is 47.7 Å². The molecule has 0 unspecified atom stereocenters. The van der Waals surface area contributed by atoms with Crippen molar-refractivity contribution < 1.29 is 5.11 Å². The lowest BCUT2D eigenvalue weighted by molar-refractivity contribution is 0.233. The molecule has 0 saturated heterocycles. The van der Waals surface area contributed by atoms with E-state index in [1.165, 1.54) is 30.4 Å². The highest BCUT2D eigenvalue weighted by Crippen LogP contribution is 2.43. The molecule has 2 aromatic rings. The van der Waals surface area contributed by atoms with E-state index in [9.17, 15) is 0 Å². The standard InChI is InChI=1S/C19H27N3O/c1-15-18(16(2)22(21-15)11-12-23)13-20-14-19(9-6-10-19)17-7-4-3-5-8-17/h3-5,7-8,20,23H,6,9-14H2,1-2H3. The predicted molar refractivity (Wildman–Crippen MR) is 92.5 cm³/mol. The highest BCUT2D eigenvalue weighted by molar-refractivity contribution is 5.29. The molecule has 1 saturated carbocycles. The number of aryl methyl sites for hydroxylation is 1. The summed E-state index contributed by atoms with van der Waals surface area (Å²) in [6.45, 7) is 6.70. The van der Waals surface area contributed by atoms with E-state index in [0.717, 1.165) is 24.5 Å². The second kappa shape index (κ2) is 6.85. The predicted octanol–water partition coefficient (Wildman–Crippen LogP) is 2.70. The highest BCUT2D eigenvalue weighted by atomic mass is 16.3. The molecular weight excluding hydrogens is 286 g/mol.